The first-order chi connectivity index (χ1) is 8.16. The third-order valence-corrected chi connectivity index (χ3v) is 3.84. The molecule has 1 atom stereocenters. The molecule has 1 unspecified atom stereocenters. The van der Waals surface area contributed by atoms with Crippen LogP contribution in [0.1, 0.15) is 49.8 Å². The van der Waals surface area contributed by atoms with Crippen LogP contribution < -0.4 is 5.32 Å². The van der Waals surface area contributed by atoms with Gasteiger partial charge >= 0.3 is 0 Å². The van der Waals surface area contributed by atoms with Crippen molar-refractivity contribution in [3.8, 4) is 0 Å². The Morgan fingerprint density at radius 1 is 1.18 bits per heavy atom. The molecule has 1 aromatic rings. The number of rotatable bonds is 3. The molecule has 0 amide bonds. The average molecular weight is 233 g/mol. The van der Waals surface area contributed by atoms with Gasteiger partial charge in [0, 0.05) is 12.1 Å². The Hall–Kier alpha value is -0.860. The summed E-state index contributed by atoms with van der Waals surface area (Å²) in [6.45, 7) is 4.39. The van der Waals surface area contributed by atoms with Gasteiger partial charge in [-0.3, -0.25) is 0 Å². The molecular weight excluding hydrogens is 210 g/mol. The van der Waals surface area contributed by atoms with E-state index in [-0.39, 0.29) is 6.10 Å². The van der Waals surface area contributed by atoms with Crippen LogP contribution in [-0.4, -0.2) is 17.3 Å². The average Bonchev–Trinajstić information content (AvgIpc) is 2.32. The lowest BCUT2D eigenvalue weighted by Gasteiger charge is -2.29. The largest absolute Gasteiger partial charge is 0.393 e. The van der Waals surface area contributed by atoms with Crippen molar-refractivity contribution in [3.05, 3.63) is 35.4 Å². The molecular formula is C15H23NO. The maximum Gasteiger partial charge on any atom is 0.0541 e. The second-order valence-corrected chi connectivity index (χ2v) is 5.25. The first kappa shape index (κ1) is 12.6. The highest BCUT2D eigenvalue weighted by atomic mass is 16.3. The van der Waals surface area contributed by atoms with Gasteiger partial charge in [-0.1, -0.05) is 24.3 Å². The molecule has 1 aliphatic carbocycles. The number of hydrogen-bond acceptors (Lipinski definition) is 2. The minimum Gasteiger partial charge on any atom is -0.393 e. The molecule has 0 radical (unpaired) electrons. The number of aryl methyl sites for hydroxylation is 1. The van der Waals surface area contributed by atoms with Gasteiger partial charge in [-0.15, -0.1) is 0 Å². The van der Waals surface area contributed by atoms with Crippen molar-refractivity contribution >= 4 is 0 Å². The van der Waals surface area contributed by atoms with Crippen molar-refractivity contribution in [1.29, 1.82) is 0 Å². The molecule has 2 nitrogen and oxygen atoms in total. The van der Waals surface area contributed by atoms with Crippen molar-refractivity contribution in [2.24, 2.45) is 0 Å². The highest BCUT2D eigenvalue weighted by Gasteiger charge is 2.21. The van der Waals surface area contributed by atoms with Gasteiger partial charge in [-0.2, -0.15) is 0 Å². The zero-order valence-electron chi connectivity index (χ0n) is 10.8. The maximum atomic E-state index is 9.49. The van der Waals surface area contributed by atoms with Crippen LogP contribution in [0, 0.1) is 6.92 Å². The van der Waals surface area contributed by atoms with Gasteiger partial charge in [0.15, 0.2) is 0 Å². The molecule has 17 heavy (non-hydrogen) atoms. The molecule has 2 heteroatoms. The lowest BCUT2D eigenvalue weighted by Crippen LogP contribution is -2.36. The van der Waals surface area contributed by atoms with E-state index < -0.39 is 0 Å². The van der Waals surface area contributed by atoms with Crippen LogP contribution >= 0.6 is 0 Å². The zero-order valence-corrected chi connectivity index (χ0v) is 10.8. The number of hydrogen-bond donors (Lipinski definition) is 2. The Kier molecular flexibility index (Phi) is 4.19. The van der Waals surface area contributed by atoms with Crippen LogP contribution in [-0.2, 0) is 0 Å². The minimum absolute atomic E-state index is 0.0678. The van der Waals surface area contributed by atoms with Gasteiger partial charge in [0.2, 0.25) is 0 Å². The smallest absolute Gasteiger partial charge is 0.0541 e. The minimum atomic E-state index is -0.0678. The van der Waals surface area contributed by atoms with Gasteiger partial charge in [0.25, 0.3) is 0 Å². The van der Waals surface area contributed by atoms with E-state index in [9.17, 15) is 5.11 Å². The first-order valence-electron chi connectivity index (χ1n) is 6.66. The number of nitrogens with one attached hydrogen (secondary N) is 1. The third kappa shape index (κ3) is 3.30. The van der Waals surface area contributed by atoms with Crippen LogP contribution in [0.2, 0.25) is 0 Å². The first-order valence-corrected chi connectivity index (χ1v) is 6.66. The summed E-state index contributed by atoms with van der Waals surface area (Å²) in [6.07, 6.45) is 4.01. The van der Waals surface area contributed by atoms with Crippen molar-refractivity contribution in [2.45, 2.75) is 57.7 Å². The molecule has 0 heterocycles. The monoisotopic (exact) mass is 233 g/mol. The number of aliphatic hydroxyl groups excluding tert-OH is 1. The molecule has 0 aliphatic heterocycles. The molecule has 0 spiro atoms. The lowest BCUT2D eigenvalue weighted by molar-refractivity contribution is 0.114. The molecule has 1 fully saturated rings. The third-order valence-electron chi connectivity index (χ3n) is 3.84. The summed E-state index contributed by atoms with van der Waals surface area (Å²) >= 11 is 0. The predicted octanol–water partition coefficient (Wildman–Crippen LogP) is 2.95. The SMILES string of the molecule is Cc1ccccc1C(C)NC1CCC(O)CC1. The van der Waals surface area contributed by atoms with E-state index in [1.807, 2.05) is 0 Å². The van der Waals surface area contributed by atoms with E-state index in [2.05, 4.69) is 43.4 Å². The molecule has 0 aromatic heterocycles. The molecule has 1 saturated carbocycles. The summed E-state index contributed by atoms with van der Waals surface area (Å²) < 4.78 is 0. The van der Waals surface area contributed by atoms with E-state index >= 15 is 0 Å². The van der Waals surface area contributed by atoms with Gasteiger partial charge < -0.3 is 10.4 Å². The molecule has 94 valence electrons. The summed E-state index contributed by atoms with van der Waals surface area (Å²) in [7, 11) is 0. The van der Waals surface area contributed by atoms with Crippen molar-refractivity contribution < 1.29 is 5.11 Å². The van der Waals surface area contributed by atoms with Crippen molar-refractivity contribution in [1.82, 2.24) is 5.32 Å². The highest BCUT2D eigenvalue weighted by Crippen LogP contribution is 2.23. The molecule has 2 rings (SSSR count). The van der Waals surface area contributed by atoms with Crippen LogP contribution in [0.3, 0.4) is 0 Å². The van der Waals surface area contributed by atoms with Gasteiger partial charge in [-0.25, -0.2) is 0 Å². The Morgan fingerprint density at radius 2 is 1.82 bits per heavy atom. The summed E-state index contributed by atoms with van der Waals surface area (Å²) in [5.41, 5.74) is 2.74. The Morgan fingerprint density at radius 3 is 2.47 bits per heavy atom. The van der Waals surface area contributed by atoms with Gasteiger partial charge in [-0.05, 0) is 50.7 Å². The van der Waals surface area contributed by atoms with E-state index in [0.717, 1.165) is 25.7 Å². The topological polar surface area (TPSA) is 32.3 Å². The normalized spacial score (nSPS) is 26.8. The number of aliphatic hydroxyl groups is 1. The fraction of sp³-hybridized carbons (Fsp3) is 0.600. The molecule has 0 saturated heterocycles. The number of benzene rings is 1. The van der Waals surface area contributed by atoms with Gasteiger partial charge in [0.1, 0.15) is 0 Å². The molecule has 1 aromatic carbocycles. The van der Waals surface area contributed by atoms with E-state index in [1.165, 1.54) is 11.1 Å². The maximum absolute atomic E-state index is 9.49. The Bertz CT molecular complexity index is 356. The fourth-order valence-corrected chi connectivity index (χ4v) is 2.76. The summed E-state index contributed by atoms with van der Waals surface area (Å²) in [5, 5.41) is 13.2. The van der Waals surface area contributed by atoms with Crippen molar-refractivity contribution in [3.63, 3.8) is 0 Å². The van der Waals surface area contributed by atoms with Crippen LogP contribution in [0.4, 0.5) is 0 Å². The van der Waals surface area contributed by atoms with E-state index in [1.54, 1.807) is 0 Å². The summed E-state index contributed by atoms with van der Waals surface area (Å²) in [6, 6.07) is 9.51. The fourth-order valence-electron chi connectivity index (χ4n) is 2.76. The van der Waals surface area contributed by atoms with Gasteiger partial charge in [0.05, 0.1) is 6.10 Å². The summed E-state index contributed by atoms with van der Waals surface area (Å²) in [4.78, 5) is 0. The van der Waals surface area contributed by atoms with Crippen LogP contribution in [0.25, 0.3) is 0 Å². The Labute approximate surface area is 104 Å². The quantitative estimate of drug-likeness (QED) is 0.841. The second-order valence-electron chi connectivity index (χ2n) is 5.25. The second kappa shape index (κ2) is 5.65. The zero-order chi connectivity index (χ0) is 12.3. The predicted molar refractivity (Wildman–Crippen MR) is 71.0 cm³/mol. The van der Waals surface area contributed by atoms with E-state index in [4.69, 9.17) is 0 Å². The Balaban J connectivity index is 1.93. The van der Waals surface area contributed by atoms with Crippen molar-refractivity contribution in [2.75, 3.05) is 0 Å². The highest BCUT2D eigenvalue weighted by molar-refractivity contribution is 5.28. The van der Waals surface area contributed by atoms with Crippen LogP contribution in [0.5, 0.6) is 0 Å². The summed E-state index contributed by atoms with van der Waals surface area (Å²) in [5.74, 6) is 0. The molecule has 2 N–H and O–H groups in total. The molecule has 1 aliphatic rings. The standard InChI is InChI=1S/C15H23NO/c1-11-5-3-4-6-15(11)12(2)16-13-7-9-14(17)10-8-13/h3-6,12-14,16-17H,7-10H2,1-2H3. The molecule has 0 bridgehead atoms. The lowest BCUT2D eigenvalue weighted by atomic mass is 9.91. The van der Waals surface area contributed by atoms with Crippen LogP contribution in [0.15, 0.2) is 24.3 Å². The van der Waals surface area contributed by atoms with E-state index in [0.29, 0.717) is 12.1 Å².